The number of hydrogen-bond donors (Lipinski definition) is 1. The lowest BCUT2D eigenvalue weighted by Gasteiger charge is -2.25. The maximum atomic E-state index is 13.4. The molecule has 1 fully saturated rings. The maximum Gasteiger partial charge on any atom is 0.328 e. The number of nitrogens with zero attached hydrogens (tertiary/aromatic N) is 2. The Kier molecular flexibility index (Phi) is 7.67. The number of aryl methyl sites for hydroxylation is 2. The topological polar surface area (TPSA) is 85.5 Å². The van der Waals surface area contributed by atoms with Gasteiger partial charge in [-0.1, -0.05) is 43.7 Å². The van der Waals surface area contributed by atoms with Crippen LogP contribution in [-0.2, 0) is 33.7 Å². The van der Waals surface area contributed by atoms with Crippen LogP contribution in [0.25, 0.3) is 11.1 Å². The number of aromatic nitrogens is 1. The lowest BCUT2D eigenvalue weighted by atomic mass is 9.88. The SMILES string of the molecule is COC(=O)C1CCCN1C(=O)Cc1c(C)nc(CC(C)C)c(CN)c1-c1ccc(C)cc1. The van der Waals surface area contributed by atoms with Gasteiger partial charge in [0, 0.05) is 24.5 Å². The van der Waals surface area contributed by atoms with Crippen molar-refractivity contribution < 1.29 is 14.3 Å². The molecule has 172 valence electrons. The molecule has 2 heterocycles. The van der Waals surface area contributed by atoms with Crippen molar-refractivity contribution in [1.29, 1.82) is 0 Å². The Morgan fingerprint density at radius 1 is 1.19 bits per heavy atom. The van der Waals surface area contributed by atoms with Gasteiger partial charge in [0.15, 0.2) is 0 Å². The van der Waals surface area contributed by atoms with Crippen LogP contribution in [0.3, 0.4) is 0 Å². The van der Waals surface area contributed by atoms with Gasteiger partial charge in [-0.15, -0.1) is 0 Å². The van der Waals surface area contributed by atoms with Gasteiger partial charge in [-0.25, -0.2) is 4.79 Å². The van der Waals surface area contributed by atoms with E-state index < -0.39 is 6.04 Å². The first kappa shape index (κ1) is 23.9. The van der Waals surface area contributed by atoms with Crippen molar-refractivity contribution in [2.45, 2.75) is 66.0 Å². The van der Waals surface area contributed by atoms with E-state index in [-0.39, 0.29) is 18.3 Å². The van der Waals surface area contributed by atoms with Crippen LogP contribution < -0.4 is 5.73 Å². The van der Waals surface area contributed by atoms with Gasteiger partial charge >= 0.3 is 5.97 Å². The Morgan fingerprint density at radius 2 is 1.88 bits per heavy atom. The van der Waals surface area contributed by atoms with Crippen molar-refractivity contribution in [2.75, 3.05) is 13.7 Å². The molecule has 32 heavy (non-hydrogen) atoms. The van der Waals surface area contributed by atoms with Crippen molar-refractivity contribution in [3.63, 3.8) is 0 Å². The quantitative estimate of drug-likeness (QED) is 0.667. The van der Waals surface area contributed by atoms with E-state index in [1.165, 1.54) is 12.7 Å². The Labute approximate surface area is 191 Å². The molecule has 1 aliphatic rings. The normalized spacial score (nSPS) is 16.0. The fourth-order valence-electron chi connectivity index (χ4n) is 4.60. The standard InChI is InChI=1S/C26H35N3O3/c1-16(2)13-22-21(15-27)25(19-10-8-17(3)9-11-19)20(18(4)28-22)14-24(30)29-12-6-7-23(29)26(31)32-5/h8-11,16,23H,6-7,12-15,27H2,1-5H3. The molecule has 6 nitrogen and oxygen atoms in total. The monoisotopic (exact) mass is 437 g/mol. The summed E-state index contributed by atoms with van der Waals surface area (Å²) in [7, 11) is 1.37. The largest absolute Gasteiger partial charge is 0.467 e. The number of nitrogens with two attached hydrogens (primary N) is 1. The molecule has 0 radical (unpaired) electrons. The number of rotatable bonds is 7. The molecule has 2 aromatic rings. The minimum Gasteiger partial charge on any atom is -0.467 e. The zero-order chi connectivity index (χ0) is 23.4. The summed E-state index contributed by atoms with van der Waals surface area (Å²) in [6, 6.07) is 7.82. The van der Waals surface area contributed by atoms with E-state index in [1.807, 2.05) is 6.92 Å². The third kappa shape index (κ3) is 5.01. The van der Waals surface area contributed by atoms with E-state index in [9.17, 15) is 9.59 Å². The van der Waals surface area contributed by atoms with Crippen LogP contribution in [0, 0.1) is 19.8 Å². The summed E-state index contributed by atoms with van der Waals surface area (Å²) in [6.45, 7) is 9.28. The second-order valence-corrected chi connectivity index (χ2v) is 9.09. The van der Waals surface area contributed by atoms with Gasteiger partial charge in [0.05, 0.1) is 13.5 Å². The summed E-state index contributed by atoms with van der Waals surface area (Å²) < 4.78 is 4.92. The minimum atomic E-state index is -0.502. The number of ether oxygens (including phenoxy) is 1. The average molecular weight is 438 g/mol. The molecule has 0 aliphatic carbocycles. The Hall–Kier alpha value is -2.73. The van der Waals surface area contributed by atoms with Crippen LogP contribution in [0.1, 0.15) is 54.8 Å². The first-order chi connectivity index (χ1) is 15.3. The molecule has 0 bridgehead atoms. The fraction of sp³-hybridized carbons (Fsp3) is 0.500. The second-order valence-electron chi connectivity index (χ2n) is 9.09. The number of carbonyl (C=O) groups is 2. The third-order valence-corrected chi connectivity index (χ3v) is 6.21. The lowest BCUT2D eigenvalue weighted by Crippen LogP contribution is -2.42. The summed E-state index contributed by atoms with van der Waals surface area (Å²) in [5.74, 6) is 0.0195. The van der Waals surface area contributed by atoms with Crippen LogP contribution in [0.4, 0.5) is 0 Å². The van der Waals surface area contributed by atoms with E-state index in [4.69, 9.17) is 15.5 Å². The predicted molar refractivity (Wildman–Crippen MR) is 126 cm³/mol. The molecule has 0 saturated carbocycles. The summed E-state index contributed by atoms with van der Waals surface area (Å²) in [4.78, 5) is 32.1. The van der Waals surface area contributed by atoms with E-state index in [0.717, 1.165) is 46.5 Å². The van der Waals surface area contributed by atoms with Crippen LogP contribution in [0.5, 0.6) is 0 Å². The van der Waals surface area contributed by atoms with Gasteiger partial charge < -0.3 is 15.4 Å². The number of carbonyl (C=O) groups excluding carboxylic acids is 2. The number of methoxy groups -OCH3 is 1. The Balaban J connectivity index is 2.09. The first-order valence-corrected chi connectivity index (χ1v) is 11.4. The summed E-state index contributed by atoms with van der Waals surface area (Å²) in [6.07, 6.45) is 2.46. The average Bonchev–Trinajstić information content (AvgIpc) is 3.25. The molecule has 1 atom stereocenters. The van der Waals surface area contributed by atoms with Gasteiger partial charge in [-0.2, -0.15) is 0 Å². The second kappa shape index (κ2) is 10.3. The number of amides is 1. The van der Waals surface area contributed by atoms with Crippen LogP contribution >= 0.6 is 0 Å². The van der Waals surface area contributed by atoms with E-state index in [0.29, 0.717) is 25.4 Å². The summed E-state index contributed by atoms with van der Waals surface area (Å²) in [5.41, 5.74) is 13.2. The molecule has 2 N–H and O–H groups in total. The van der Waals surface area contributed by atoms with E-state index in [2.05, 4.69) is 45.0 Å². The highest BCUT2D eigenvalue weighted by molar-refractivity contribution is 5.88. The molecule has 1 amide bonds. The zero-order valence-electron chi connectivity index (χ0n) is 19.9. The predicted octanol–water partition coefficient (Wildman–Crippen LogP) is 3.73. The summed E-state index contributed by atoms with van der Waals surface area (Å²) in [5, 5.41) is 0. The number of pyridine rings is 1. The summed E-state index contributed by atoms with van der Waals surface area (Å²) >= 11 is 0. The van der Waals surface area contributed by atoms with E-state index >= 15 is 0 Å². The Bertz CT molecular complexity index is 983. The first-order valence-electron chi connectivity index (χ1n) is 11.4. The lowest BCUT2D eigenvalue weighted by molar-refractivity contribution is -0.150. The highest BCUT2D eigenvalue weighted by atomic mass is 16.5. The maximum absolute atomic E-state index is 13.4. The Morgan fingerprint density at radius 3 is 2.47 bits per heavy atom. The minimum absolute atomic E-state index is 0.0734. The molecule has 1 aromatic heterocycles. The molecule has 1 unspecified atom stereocenters. The molecule has 6 heteroatoms. The van der Waals surface area contributed by atoms with Crippen molar-refractivity contribution in [3.8, 4) is 11.1 Å². The smallest absolute Gasteiger partial charge is 0.328 e. The molecule has 1 aromatic carbocycles. The van der Waals surface area contributed by atoms with Gasteiger partial charge in [0.1, 0.15) is 6.04 Å². The molecule has 0 spiro atoms. The third-order valence-electron chi connectivity index (χ3n) is 6.21. The van der Waals surface area contributed by atoms with Crippen LogP contribution in [0.15, 0.2) is 24.3 Å². The van der Waals surface area contributed by atoms with Crippen molar-refractivity contribution in [3.05, 3.63) is 52.3 Å². The number of esters is 1. The van der Waals surface area contributed by atoms with Crippen molar-refractivity contribution in [2.24, 2.45) is 11.7 Å². The number of likely N-dealkylation sites (tertiary alicyclic amines) is 1. The highest BCUT2D eigenvalue weighted by Gasteiger charge is 2.35. The van der Waals surface area contributed by atoms with Crippen LogP contribution in [0.2, 0.25) is 0 Å². The van der Waals surface area contributed by atoms with Gasteiger partial charge in [-0.05, 0) is 61.3 Å². The van der Waals surface area contributed by atoms with Gasteiger partial charge in [-0.3, -0.25) is 9.78 Å². The van der Waals surface area contributed by atoms with E-state index in [1.54, 1.807) is 4.90 Å². The molecular weight excluding hydrogens is 402 g/mol. The fourth-order valence-corrected chi connectivity index (χ4v) is 4.60. The highest BCUT2D eigenvalue weighted by Crippen LogP contribution is 2.33. The van der Waals surface area contributed by atoms with Crippen LogP contribution in [-0.4, -0.2) is 41.5 Å². The molecule has 1 saturated heterocycles. The van der Waals surface area contributed by atoms with Crippen molar-refractivity contribution >= 4 is 11.9 Å². The van der Waals surface area contributed by atoms with Gasteiger partial charge in [0.2, 0.25) is 5.91 Å². The molecular formula is C26H35N3O3. The molecule has 3 rings (SSSR count). The number of benzene rings is 1. The van der Waals surface area contributed by atoms with Crippen molar-refractivity contribution in [1.82, 2.24) is 9.88 Å². The molecule has 1 aliphatic heterocycles. The zero-order valence-corrected chi connectivity index (χ0v) is 19.9. The van der Waals surface area contributed by atoms with Gasteiger partial charge in [0.25, 0.3) is 0 Å². The number of hydrogen-bond acceptors (Lipinski definition) is 5.